The number of imidazole rings is 1. The van der Waals surface area contributed by atoms with Gasteiger partial charge in [0.25, 0.3) is 0 Å². The lowest BCUT2D eigenvalue weighted by Gasteiger charge is -2.08. The van der Waals surface area contributed by atoms with Gasteiger partial charge in [0, 0.05) is 17.6 Å². The van der Waals surface area contributed by atoms with Crippen LogP contribution >= 0.6 is 11.3 Å². The third-order valence-electron chi connectivity index (χ3n) is 3.15. The van der Waals surface area contributed by atoms with E-state index in [1.54, 1.807) is 11.3 Å². The molecule has 0 saturated carbocycles. The zero-order valence-electron chi connectivity index (χ0n) is 11.0. The van der Waals surface area contributed by atoms with Crippen LogP contribution in [0.15, 0.2) is 41.1 Å². The molecule has 98 valence electrons. The van der Waals surface area contributed by atoms with Crippen molar-refractivity contribution in [2.45, 2.75) is 26.4 Å². The fraction of sp³-hybridized carbons (Fsp3) is 0.267. The van der Waals surface area contributed by atoms with E-state index in [2.05, 4.69) is 51.8 Å². The lowest BCUT2D eigenvalue weighted by Crippen LogP contribution is -2.08. The third kappa shape index (κ3) is 2.49. The van der Waals surface area contributed by atoms with E-state index < -0.39 is 0 Å². The van der Waals surface area contributed by atoms with E-state index in [0.717, 1.165) is 30.9 Å². The van der Waals surface area contributed by atoms with Gasteiger partial charge in [-0.25, -0.2) is 4.98 Å². The van der Waals surface area contributed by atoms with Crippen LogP contribution < -0.4 is 5.32 Å². The Morgan fingerprint density at radius 2 is 2.16 bits per heavy atom. The van der Waals surface area contributed by atoms with Gasteiger partial charge in [-0.1, -0.05) is 19.1 Å². The highest BCUT2D eigenvalue weighted by Crippen LogP contribution is 2.18. The minimum Gasteiger partial charge on any atom is -0.377 e. The molecule has 0 atom stereocenters. The number of aryl methyl sites for hydroxylation is 1. The number of hydrogen-bond acceptors (Lipinski definition) is 3. The normalized spacial score (nSPS) is 11.0. The van der Waals surface area contributed by atoms with Crippen LogP contribution in [-0.2, 0) is 13.1 Å². The molecule has 0 aliphatic rings. The molecule has 2 aromatic heterocycles. The van der Waals surface area contributed by atoms with E-state index in [1.165, 1.54) is 11.2 Å². The summed E-state index contributed by atoms with van der Waals surface area (Å²) in [7, 11) is 0. The first-order valence-electron chi connectivity index (χ1n) is 6.58. The molecule has 0 saturated heterocycles. The number of benzene rings is 1. The molecule has 0 aliphatic carbocycles. The Hall–Kier alpha value is -1.81. The van der Waals surface area contributed by atoms with E-state index in [4.69, 9.17) is 4.98 Å². The predicted octanol–water partition coefficient (Wildman–Crippen LogP) is 4.12. The van der Waals surface area contributed by atoms with Crippen LogP contribution in [0.1, 0.15) is 19.2 Å². The number of fused-ring (bicyclic) bond motifs is 1. The molecule has 19 heavy (non-hydrogen) atoms. The first kappa shape index (κ1) is 12.2. The molecule has 2 heterocycles. The van der Waals surface area contributed by atoms with Crippen molar-refractivity contribution in [2.75, 3.05) is 5.32 Å². The summed E-state index contributed by atoms with van der Waals surface area (Å²) in [6.07, 6.45) is 1.12. The van der Waals surface area contributed by atoms with Gasteiger partial charge >= 0.3 is 0 Å². The Labute approximate surface area is 116 Å². The first-order chi connectivity index (χ1) is 9.38. The molecule has 0 fully saturated rings. The average molecular weight is 271 g/mol. The van der Waals surface area contributed by atoms with Gasteiger partial charge in [-0.05, 0) is 30.0 Å². The highest BCUT2D eigenvalue weighted by atomic mass is 32.1. The second kappa shape index (κ2) is 5.45. The molecule has 3 aromatic rings. The number of thiophene rings is 1. The van der Waals surface area contributed by atoms with Crippen LogP contribution in [0, 0.1) is 0 Å². The van der Waals surface area contributed by atoms with Crippen molar-refractivity contribution in [1.82, 2.24) is 9.55 Å². The first-order valence-corrected chi connectivity index (χ1v) is 7.53. The number of para-hydroxylation sites is 2. The molecule has 3 nitrogen and oxygen atoms in total. The zero-order valence-corrected chi connectivity index (χ0v) is 11.8. The second-order valence-electron chi connectivity index (χ2n) is 4.53. The molecule has 0 amide bonds. The molecule has 0 radical (unpaired) electrons. The third-order valence-corrected chi connectivity index (χ3v) is 3.84. The van der Waals surface area contributed by atoms with Gasteiger partial charge in [0.1, 0.15) is 5.82 Å². The molecule has 0 spiro atoms. The van der Waals surface area contributed by atoms with Crippen molar-refractivity contribution in [3.63, 3.8) is 0 Å². The van der Waals surface area contributed by atoms with Crippen LogP contribution in [-0.4, -0.2) is 9.55 Å². The van der Waals surface area contributed by atoms with E-state index >= 15 is 0 Å². The van der Waals surface area contributed by atoms with E-state index in [-0.39, 0.29) is 0 Å². The zero-order chi connectivity index (χ0) is 13.1. The fourth-order valence-electron chi connectivity index (χ4n) is 2.28. The van der Waals surface area contributed by atoms with Gasteiger partial charge in [0.2, 0.25) is 0 Å². The summed E-state index contributed by atoms with van der Waals surface area (Å²) in [6, 6.07) is 10.4. The lowest BCUT2D eigenvalue weighted by molar-refractivity contribution is 0.661. The van der Waals surface area contributed by atoms with Gasteiger partial charge in [-0.2, -0.15) is 11.3 Å². The Kier molecular flexibility index (Phi) is 3.51. The number of hydrogen-bond donors (Lipinski definition) is 1. The fourth-order valence-corrected chi connectivity index (χ4v) is 2.89. The minimum absolute atomic E-state index is 0.769. The molecule has 0 bridgehead atoms. The minimum atomic E-state index is 0.769. The van der Waals surface area contributed by atoms with Gasteiger partial charge in [0.15, 0.2) is 0 Å². The maximum absolute atomic E-state index is 4.73. The number of rotatable bonds is 5. The Morgan fingerprint density at radius 3 is 2.95 bits per heavy atom. The second-order valence-corrected chi connectivity index (χ2v) is 5.31. The number of nitrogens with one attached hydrogen (secondary N) is 1. The molecule has 1 N–H and O–H groups in total. The largest absolute Gasteiger partial charge is 0.377 e. The summed E-state index contributed by atoms with van der Waals surface area (Å²) in [4.78, 5) is 4.73. The maximum Gasteiger partial charge on any atom is 0.129 e. The van der Waals surface area contributed by atoms with Crippen molar-refractivity contribution in [1.29, 1.82) is 0 Å². The van der Waals surface area contributed by atoms with E-state index in [1.807, 2.05) is 6.07 Å². The summed E-state index contributed by atoms with van der Waals surface area (Å²) >= 11 is 1.70. The maximum atomic E-state index is 4.73. The van der Waals surface area contributed by atoms with Crippen LogP contribution in [0.25, 0.3) is 11.0 Å². The molecule has 1 aromatic carbocycles. The quantitative estimate of drug-likeness (QED) is 0.756. The SMILES string of the molecule is CCCn1c(CNc2ccsc2)nc2ccccc21. The van der Waals surface area contributed by atoms with Crippen molar-refractivity contribution >= 4 is 28.1 Å². The summed E-state index contributed by atoms with van der Waals surface area (Å²) in [5, 5.41) is 7.63. The topological polar surface area (TPSA) is 29.9 Å². The molecule has 0 aliphatic heterocycles. The summed E-state index contributed by atoms with van der Waals surface area (Å²) in [5.41, 5.74) is 3.48. The molecular weight excluding hydrogens is 254 g/mol. The lowest BCUT2D eigenvalue weighted by atomic mass is 10.3. The number of aromatic nitrogens is 2. The van der Waals surface area contributed by atoms with Crippen LogP contribution in [0.2, 0.25) is 0 Å². The smallest absolute Gasteiger partial charge is 0.129 e. The highest BCUT2D eigenvalue weighted by molar-refractivity contribution is 7.08. The molecular formula is C15H17N3S. The Bertz CT molecular complexity index is 655. The van der Waals surface area contributed by atoms with Gasteiger partial charge in [-0.3, -0.25) is 0 Å². The standard InChI is InChI=1S/C15H17N3S/c1-2-8-18-14-6-4-3-5-13(14)17-15(18)10-16-12-7-9-19-11-12/h3-7,9,11,16H,2,8,10H2,1H3. The Balaban J connectivity index is 1.90. The van der Waals surface area contributed by atoms with Crippen LogP contribution in [0.3, 0.4) is 0 Å². The van der Waals surface area contributed by atoms with Crippen molar-refractivity contribution in [3.05, 3.63) is 46.9 Å². The molecule has 0 unspecified atom stereocenters. The van der Waals surface area contributed by atoms with E-state index in [0.29, 0.717) is 0 Å². The van der Waals surface area contributed by atoms with Gasteiger partial charge in [-0.15, -0.1) is 0 Å². The highest BCUT2D eigenvalue weighted by Gasteiger charge is 2.09. The predicted molar refractivity (Wildman–Crippen MR) is 81.7 cm³/mol. The monoisotopic (exact) mass is 271 g/mol. The van der Waals surface area contributed by atoms with Crippen LogP contribution in [0.4, 0.5) is 5.69 Å². The molecule has 4 heteroatoms. The summed E-state index contributed by atoms with van der Waals surface area (Å²) in [5.74, 6) is 1.11. The van der Waals surface area contributed by atoms with Gasteiger partial charge < -0.3 is 9.88 Å². The summed E-state index contributed by atoms with van der Waals surface area (Å²) in [6.45, 7) is 3.98. The van der Waals surface area contributed by atoms with E-state index in [9.17, 15) is 0 Å². The molecule has 3 rings (SSSR count). The average Bonchev–Trinajstić information content (AvgIpc) is 3.05. The Morgan fingerprint density at radius 1 is 1.26 bits per heavy atom. The number of nitrogens with zero attached hydrogens (tertiary/aromatic N) is 2. The van der Waals surface area contributed by atoms with Crippen molar-refractivity contribution < 1.29 is 0 Å². The van der Waals surface area contributed by atoms with Crippen LogP contribution in [0.5, 0.6) is 0 Å². The van der Waals surface area contributed by atoms with Gasteiger partial charge in [0.05, 0.1) is 17.6 Å². The summed E-state index contributed by atoms with van der Waals surface area (Å²) < 4.78 is 2.31. The van der Waals surface area contributed by atoms with Crippen molar-refractivity contribution in [2.24, 2.45) is 0 Å². The number of anilines is 1. The van der Waals surface area contributed by atoms with Crippen molar-refractivity contribution in [3.8, 4) is 0 Å².